The first-order valence-electron chi connectivity index (χ1n) is 4.29. The first-order chi connectivity index (χ1) is 6.35. The van der Waals surface area contributed by atoms with Crippen LogP contribution in [0.4, 0.5) is 0 Å². The molecular formula is C10H12N2O. The smallest absolute Gasteiger partial charge is 0.119 e. The molecule has 0 bridgehead atoms. The molecule has 2 rings (SSSR count). The van der Waals surface area contributed by atoms with Crippen LogP contribution in [-0.4, -0.2) is 12.8 Å². The minimum absolute atomic E-state index is 0.863. The number of hydrogen-bond donors (Lipinski definition) is 1. The van der Waals surface area contributed by atoms with Crippen molar-refractivity contribution < 1.29 is 4.74 Å². The number of hydrogen-bond acceptors (Lipinski definition) is 3. The minimum atomic E-state index is 0.863. The van der Waals surface area contributed by atoms with E-state index >= 15 is 0 Å². The summed E-state index contributed by atoms with van der Waals surface area (Å²) in [5.74, 6) is 6.15. The molecule has 0 fully saturated rings. The second kappa shape index (κ2) is 3.09. The number of methoxy groups -OCH3 is 1. The summed E-state index contributed by atoms with van der Waals surface area (Å²) in [7, 11) is 1.66. The lowest BCUT2D eigenvalue weighted by Crippen LogP contribution is -1.98. The maximum absolute atomic E-state index is 5.29. The van der Waals surface area contributed by atoms with E-state index in [-0.39, 0.29) is 0 Å². The zero-order valence-electron chi connectivity index (χ0n) is 7.58. The van der Waals surface area contributed by atoms with Crippen LogP contribution in [0.25, 0.3) is 0 Å². The normalized spacial score (nSPS) is 17.5. The van der Waals surface area contributed by atoms with Gasteiger partial charge in [-0.25, -0.2) is 0 Å². The Labute approximate surface area is 77.2 Å². The van der Waals surface area contributed by atoms with E-state index in [0.717, 1.165) is 29.9 Å². The van der Waals surface area contributed by atoms with Crippen LogP contribution < -0.4 is 10.6 Å². The molecule has 0 unspecified atom stereocenters. The molecule has 0 heterocycles. The Morgan fingerprint density at radius 1 is 1.38 bits per heavy atom. The van der Waals surface area contributed by atoms with Crippen LogP contribution in [0.2, 0.25) is 0 Å². The summed E-state index contributed by atoms with van der Waals surface area (Å²) in [5.41, 5.74) is 3.43. The lowest BCUT2D eigenvalue weighted by atomic mass is 10.1. The number of ether oxygens (including phenoxy) is 1. The second-order valence-corrected chi connectivity index (χ2v) is 3.10. The largest absolute Gasteiger partial charge is 0.497 e. The summed E-state index contributed by atoms with van der Waals surface area (Å²) in [6, 6.07) is 6.04. The highest BCUT2D eigenvalue weighted by atomic mass is 16.5. The molecule has 1 aromatic rings. The van der Waals surface area contributed by atoms with Gasteiger partial charge in [-0.05, 0) is 30.5 Å². The predicted molar refractivity (Wildman–Crippen MR) is 52.0 cm³/mol. The molecule has 1 aromatic carbocycles. The van der Waals surface area contributed by atoms with Gasteiger partial charge in [0, 0.05) is 5.56 Å². The van der Waals surface area contributed by atoms with Crippen LogP contribution in [0.15, 0.2) is 23.3 Å². The van der Waals surface area contributed by atoms with Crippen molar-refractivity contribution >= 4 is 5.71 Å². The number of hydrazone groups is 1. The van der Waals surface area contributed by atoms with Crippen molar-refractivity contribution in [2.75, 3.05) is 7.11 Å². The summed E-state index contributed by atoms with van der Waals surface area (Å²) >= 11 is 0. The van der Waals surface area contributed by atoms with E-state index in [1.54, 1.807) is 7.11 Å². The molecular weight excluding hydrogens is 164 g/mol. The van der Waals surface area contributed by atoms with E-state index < -0.39 is 0 Å². The van der Waals surface area contributed by atoms with Gasteiger partial charge in [0.25, 0.3) is 0 Å². The molecule has 0 aromatic heterocycles. The van der Waals surface area contributed by atoms with E-state index in [1.807, 2.05) is 12.1 Å². The van der Waals surface area contributed by atoms with Gasteiger partial charge < -0.3 is 10.6 Å². The Hall–Kier alpha value is -1.51. The van der Waals surface area contributed by atoms with Gasteiger partial charge >= 0.3 is 0 Å². The molecule has 0 amide bonds. The molecule has 2 N–H and O–H groups in total. The summed E-state index contributed by atoms with van der Waals surface area (Å²) in [5, 5.41) is 3.77. The zero-order chi connectivity index (χ0) is 9.26. The molecule has 68 valence electrons. The van der Waals surface area contributed by atoms with Crippen molar-refractivity contribution in [1.29, 1.82) is 0 Å². The van der Waals surface area contributed by atoms with E-state index in [9.17, 15) is 0 Å². The predicted octanol–water partition coefficient (Wildman–Crippen LogP) is 1.30. The van der Waals surface area contributed by atoms with Crippen molar-refractivity contribution in [2.45, 2.75) is 12.8 Å². The highest BCUT2D eigenvalue weighted by Crippen LogP contribution is 2.26. The molecule has 13 heavy (non-hydrogen) atoms. The van der Waals surface area contributed by atoms with E-state index in [0.29, 0.717) is 0 Å². The first kappa shape index (κ1) is 8.10. The lowest BCUT2D eigenvalue weighted by Gasteiger charge is -2.03. The number of rotatable bonds is 1. The van der Waals surface area contributed by atoms with Gasteiger partial charge in [-0.15, -0.1) is 0 Å². The Kier molecular flexibility index (Phi) is 1.93. The van der Waals surface area contributed by atoms with Crippen LogP contribution >= 0.6 is 0 Å². The van der Waals surface area contributed by atoms with Crippen LogP contribution in [0.3, 0.4) is 0 Å². The Morgan fingerprint density at radius 2 is 2.23 bits per heavy atom. The second-order valence-electron chi connectivity index (χ2n) is 3.10. The van der Waals surface area contributed by atoms with E-state index in [2.05, 4.69) is 11.2 Å². The van der Waals surface area contributed by atoms with Gasteiger partial charge in [-0.1, -0.05) is 6.07 Å². The Balaban J connectivity index is 2.49. The Morgan fingerprint density at radius 3 is 2.92 bits per heavy atom. The summed E-state index contributed by atoms with van der Waals surface area (Å²) in [6.45, 7) is 0. The van der Waals surface area contributed by atoms with Crippen LogP contribution in [0.1, 0.15) is 17.5 Å². The number of aryl methyl sites for hydroxylation is 1. The summed E-state index contributed by atoms with van der Waals surface area (Å²) in [4.78, 5) is 0. The standard InChI is InChI=1S/C10H12N2O/c1-13-8-4-2-7-3-5-10(12-11)9(7)6-8/h2,4,6H,3,5,11H2,1H3/b12-10+. The fourth-order valence-corrected chi connectivity index (χ4v) is 1.69. The van der Waals surface area contributed by atoms with Gasteiger partial charge in [0.1, 0.15) is 5.75 Å². The van der Waals surface area contributed by atoms with Crippen molar-refractivity contribution in [3.8, 4) is 5.75 Å². The monoisotopic (exact) mass is 176 g/mol. The highest BCUT2D eigenvalue weighted by Gasteiger charge is 2.17. The van der Waals surface area contributed by atoms with Crippen molar-refractivity contribution in [3.63, 3.8) is 0 Å². The van der Waals surface area contributed by atoms with Crippen molar-refractivity contribution in [1.82, 2.24) is 0 Å². The van der Waals surface area contributed by atoms with Gasteiger partial charge in [0.2, 0.25) is 0 Å². The third-order valence-corrected chi connectivity index (χ3v) is 2.41. The minimum Gasteiger partial charge on any atom is -0.497 e. The molecule has 3 nitrogen and oxygen atoms in total. The number of nitrogens with zero attached hydrogens (tertiary/aromatic N) is 1. The SMILES string of the molecule is COc1ccc2c(c1)/C(=N/N)CC2. The third-order valence-electron chi connectivity index (χ3n) is 2.41. The van der Waals surface area contributed by atoms with Gasteiger partial charge in [0.05, 0.1) is 12.8 Å². The maximum Gasteiger partial charge on any atom is 0.119 e. The van der Waals surface area contributed by atoms with Crippen LogP contribution in [0, 0.1) is 0 Å². The highest BCUT2D eigenvalue weighted by molar-refractivity contribution is 6.04. The van der Waals surface area contributed by atoms with E-state index in [1.165, 1.54) is 5.56 Å². The average Bonchev–Trinajstić information content (AvgIpc) is 2.59. The maximum atomic E-state index is 5.29. The topological polar surface area (TPSA) is 47.6 Å². The zero-order valence-corrected chi connectivity index (χ0v) is 7.58. The summed E-state index contributed by atoms with van der Waals surface area (Å²) < 4.78 is 5.14. The van der Waals surface area contributed by atoms with Crippen molar-refractivity contribution in [2.24, 2.45) is 10.9 Å². The third kappa shape index (κ3) is 1.26. The molecule has 1 aliphatic rings. The van der Waals surface area contributed by atoms with E-state index in [4.69, 9.17) is 10.6 Å². The molecule has 0 atom stereocenters. The quantitative estimate of drug-likeness (QED) is 0.518. The number of benzene rings is 1. The van der Waals surface area contributed by atoms with Gasteiger partial charge in [-0.3, -0.25) is 0 Å². The van der Waals surface area contributed by atoms with Crippen LogP contribution in [0.5, 0.6) is 5.75 Å². The molecule has 1 aliphatic carbocycles. The first-order valence-corrected chi connectivity index (χ1v) is 4.29. The number of nitrogens with two attached hydrogens (primary N) is 1. The average molecular weight is 176 g/mol. The molecule has 0 spiro atoms. The Bertz CT molecular complexity index is 358. The molecule has 0 aliphatic heterocycles. The van der Waals surface area contributed by atoms with Crippen molar-refractivity contribution in [3.05, 3.63) is 29.3 Å². The molecule has 0 radical (unpaired) electrons. The molecule has 0 saturated carbocycles. The van der Waals surface area contributed by atoms with Gasteiger partial charge in [0.15, 0.2) is 0 Å². The fourth-order valence-electron chi connectivity index (χ4n) is 1.69. The molecule has 3 heteroatoms. The fraction of sp³-hybridized carbons (Fsp3) is 0.300. The lowest BCUT2D eigenvalue weighted by molar-refractivity contribution is 0.414. The number of fused-ring (bicyclic) bond motifs is 1. The van der Waals surface area contributed by atoms with Crippen LogP contribution in [-0.2, 0) is 6.42 Å². The van der Waals surface area contributed by atoms with Gasteiger partial charge in [-0.2, -0.15) is 5.10 Å². The summed E-state index contributed by atoms with van der Waals surface area (Å²) in [6.07, 6.45) is 1.98. The molecule has 0 saturated heterocycles.